The van der Waals surface area contributed by atoms with Crippen molar-refractivity contribution < 1.29 is 14.3 Å². The van der Waals surface area contributed by atoms with Crippen LogP contribution >= 0.6 is 0 Å². The van der Waals surface area contributed by atoms with Crippen molar-refractivity contribution in [1.29, 1.82) is 0 Å². The van der Waals surface area contributed by atoms with Crippen LogP contribution < -0.4 is 0 Å². The third-order valence-corrected chi connectivity index (χ3v) is 3.55. The first-order valence-corrected chi connectivity index (χ1v) is 7.76. The first-order valence-electron chi connectivity index (χ1n) is 7.76. The molecule has 0 heterocycles. The molecule has 1 atom stereocenters. The van der Waals surface area contributed by atoms with Gasteiger partial charge in [0.25, 0.3) is 0 Å². The van der Waals surface area contributed by atoms with Crippen LogP contribution in [0.1, 0.15) is 52.7 Å². The van der Waals surface area contributed by atoms with Crippen LogP contribution in [0, 0.1) is 11.3 Å². The fourth-order valence-corrected chi connectivity index (χ4v) is 1.99. The van der Waals surface area contributed by atoms with E-state index in [1.807, 2.05) is 12.1 Å². The maximum Gasteiger partial charge on any atom is 0.311 e. The molecule has 0 bridgehead atoms. The Morgan fingerprint density at radius 1 is 1.09 bits per heavy atom. The third kappa shape index (κ3) is 5.63. The van der Waals surface area contributed by atoms with E-state index in [-0.39, 0.29) is 23.9 Å². The number of aldehydes is 1. The fraction of sp³-hybridized carbons (Fsp3) is 0.579. The Bertz CT molecular complexity index is 501. The molecule has 0 aliphatic heterocycles. The van der Waals surface area contributed by atoms with Gasteiger partial charge in [0, 0.05) is 0 Å². The van der Waals surface area contributed by atoms with Crippen molar-refractivity contribution in [3.63, 3.8) is 0 Å². The normalized spacial score (nSPS) is 13.5. The lowest BCUT2D eigenvalue weighted by Gasteiger charge is -2.20. The molecular formula is C19H28O3. The van der Waals surface area contributed by atoms with Crippen LogP contribution in [0.15, 0.2) is 24.3 Å². The van der Waals surface area contributed by atoms with Crippen LogP contribution in [0.5, 0.6) is 0 Å². The van der Waals surface area contributed by atoms with Crippen molar-refractivity contribution >= 4 is 12.3 Å². The van der Waals surface area contributed by atoms with E-state index in [0.29, 0.717) is 6.42 Å². The van der Waals surface area contributed by atoms with Gasteiger partial charge in [-0.3, -0.25) is 4.79 Å². The topological polar surface area (TPSA) is 43.4 Å². The monoisotopic (exact) mass is 304 g/mol. The number of carbonyl (C=O) groups is 2. The molecule has 0 saturated carbocycles. The van der Waals surface area contributed by atoms with Crippen molar-refractivity contribution in [2.24, 2.45) is 11.3 Å². The second-order valence-electron chi connectivity index (χ2n) is 7.90. The van der Waals surface area contributed by atoms with Gasteiger partial charge in [0.05, 0.1) is 11.3 Å². The summed E-state index contributed by atoms with van der Waals surface area (Å²) in [6.45, 7) is 12.1. The second kappa shape index (κ2) is 7.08. The Labute approximate surface area is 134 Å². The number of hydrogen-bond acceptors (Lipinski definition) is 3. The molecule has 0 unspecified atom stereocenters. The summed E-state index contributed by atoms with van der Waals surface area (Å²) in [5.41, 5.74) is 1.92. The van der Waals surface area contributed by atoms with Gasteiger partial charge in [-0.05, 0) is 43.7 Å². The average Bonchev–Trinajstić information content (AvgIpc) is 2.41. The lowest BCUT2D eigenvalue weighted by molar-refractivity contribution is -0.154. The zero-order chi connectivity index (χ0) is 17.0. The first kappa shape index (κ1) is 18.4. The van der Waals surface area contributed by atoms with Crippen molar-refractivity contribution in [3.8, 4) is 0 Å². The molecule has 1 rings (SSSR count). The van der Waals surface area contributed by atoms with E-state index in [4.69, 9.17) is 4.74 Å². The highest BCUT2D eigenvalue weighted by Gasteiger charge is 2.24. The predicted octanol–water partition coefficient (Wildman–Crippen LogP) is 3.93. The Morgan fingerprint density at radius 3 is 2.05 bits per heavy atom. The van der Waals surface area contributed by atoms with Crippen LogP contribution in [-0.2, 0) is 26.2 Å². The summed E-state index contributed by atoms with van der Waals surface area (Å²) in [5, 5.41) is 0. The van der Waals surface area contributed by atoms with Crippen molar-refractivity contribution in [3.05, 3.63) is 35.4 Å². The highest BCUT2D eigenvalue weighted by Crippen LogP contribution is 2.23. The molecule has 0 amide bonds. The summed E-state index contributed by atoms with van der Waals surface area (Å²) in [4.78, 5) is 23.0. The van der Waals surface area contributed by atoms with E-state index < -0.39 is 5.41 Å². The van der Waals surface area contributed by atoms with Gasteiger partial charge in [-0.1, -0.05) is 45.0 Å². The Hall–Kier alpha value is -1.64. The van der Waals surface area contributed by atoms with Crippen LogP contribution in [0.25, 0.3) is 0 Å². The summed E-state index contributed by atoms with van der Waals surface area (Å²) >= 11 is 0. The minimum atomic E-state index is -0.540. The van der Waals surface area contributed by atoms with E-state index >= 15 is 0 Å². The summed E-state index contributed by atoms with van der Waals surface area (Å²) in [5.74, 6) is -0.575. The minimum absolute atomic E-state index is 0.116. The van der Waals surface area contributed by atoms with E-state index in [9.17, 15) is 9.59 Å². The van der Waals surface area contributed by atoms with Gasteiger partial charge < -0.3 is 9.53 Å². The van der Waals surface area contributed by atoms with Gasteiger partial charge in [-0.25, -0.2) is 0 Å². The lowest BCUT2D eigenvalue weighted by Crippen LogP contribution is -2.26. The molecule has 1 aromatic rings. The van der Waals surface area contributed by atoms with Gasteiger partial charge >= 0.3 is 5.97 Å². The van der Waals surface area contributed by atoms with Crippen molar-refractivity contribution in [2.45, 2.75) is 53.4 Å². The first-order chi connectivity index (χ1) is 10.0. The summed E-state index contributed by atoms with van der Waals surface area (Å²) in [6.07, 6.45) is 1.46. The molecule has 22 heavy (non-hydrogen) atoms. The highest BCUT2D eigenvalue weighted by molar-refractivity contribution is 5.75. The molecule has 0 fully saturated rings. The zero-order valence-corrected chi connectivity index (χ0v) is 14.6. The number of esters is 1. The minimum Gasteiger partial charge on any atom is -0.465 e. The van der Waals surface area contributed by atoms with Gasteiger partial charge in [-0.15, -0.1) is 0 Å². The summed E-state index contributed by atoms with van der Waals surface area (Å²) in [7, 11) is 0. The second-order valence-corrected chi connectivity index (χ2v) is 7.90. The molecule has 0 aliphatic carbocycles. The average molecular weight is 304 g/mol. The van der Waals surface area contributed by atoms with Crippen molar-refractivity contribution in [2.75, 3.05) is 6.61 Å². The van der Waals surface area contributed by atoms with Crippen LogP contribution in [0.3, 0.4) is 0 Å². The molecule has 0 aliphatic rings. The number of rotatable bonds is 5. The van der Waals surface area contributed by atoms with E-state index in [1.165, 1.54) is 5.56 Å². The van der Waals surface area contributed by atoms with Gasteiger partial charge in [0.1, 0.15) is 12.9 Å². The standard InChI is InChI=1S/C19H28O3/c1-18(2,3)16-9-7-14(8-10-16)11-15(12-20)13-22-17(21)19(4,5)6/h7-10,12,15H,11,13H2,1-6H3/t15-/m1/s1. The molecule has 3 heteroatoms. The summed E-state index contributed by atoms with van der Waals surface area (Å²) in [6, 6.07) is 8.28. The number of ether oxygens (including phenoxy) is 1. The lowest BCUT2D eigenvalue weighted by atomic mass is 9.86. The Kier molecular flexibility index (Phi) is 5.92. The molecule has 0 saturated heterocycles. The predicted molar refractivity (Wildman–Crippen MR) is 88.8 cm³/mol. The fourth-order valence-electron chi connectivity index (χ4n) is 1.99. The van der Waals surface area contributed by atoms with Crippen LogP contribution in [-0.4, -0.2) is 18.9 Å². The van der Waals surface area contributed by atoms with Crippen molar-refractivity contribution in [1.82, 2.24) is 0 Å². The van der Waals surface area contributed by atoms with E-state index in [0.717, 1.165) is 11.8 Å². The maximum absolute atomic E-state index is 11.8. The van der Waals surface area contributed by atoms with Crippen LogP contribution in [0.4, 0.5) is 0 Å². The van der Waals surface area contributed by atoms with Crippen LogP contribution in [0.2, 0.25) is 0 Å². The van der Waals surface area contributed by atoms with Gasteiger partial charge in [0.2, 0.25) is 0 Å². The SMILES string of the molecule is CC(C)(C)C(=O)OC[C@@H](C=O)Cc1ccc(C(C)(C)C)cc1. The Morgan fingerprint density at radius 2 is 1.64 bits per heavy atom. The third-order valence-electron chi connectivity index (χ3n) is 3.55. The molecule has 0 aromatic heterocycles. The number of carbonyl (C=O) groups excluding carboxylic acids is 2. The maximum atomic E-state index is 11.8. The number of benzene rings is 1. The van der Waals surface area contributed by atoms with E-state index in [2.05, 4.69) is 32.9 Å². The summed E-state index contributed by atoms with van der Waals surface area (Å²) < 4.78 is 5.24. The quantitative estimate of drug-likeness (QED) is 0.611. The zero-order valence-electron chi connectivity index (χ0n) is 14.6. The molecule has 0 spiro atoms. The largest absolute Gasteiger partial charge is 0.465 e. The smallest absolute Gasteiger partial charge is 0.311 e. The molecular weight excluding hydrogens is 276 g/mol. The highest BCUT2D eigenvalue weighted by atomic mass is 16.5. The molecule has 3 nitrogen and oxygen atoms in total. The number of hydrogen-bond donors (Lipinski definition) is 0. The van der Waals surface area contributed by atoms with Gasteiger partial charge in [0.15, 0.2) is 0 Å². The van der Waals surface area contributed by atoms with Gasteiger partial charge in [-0.2, -0.15) is 0 Å². The van der Waals surface area contributed by atoms with E-state index in [1.54, 1.807) is 20.8 Å². The molecule has 0 radical (unpaired) electrons. The molecule has 122 valence electrons. The molecule has 1 aromatic carbocycles. The molecule has 0 N–H and O–H groups in total. The Balaban J connectivity index is 2.63.